The molecule has 0 aliphatic carbocycles. The maximum atomic E-state index is 5.41. The van der Waals surface area contributed by atoms with Gasteiger partial charge in [0.25, 0.3) is 0 Å². The molecule has 92 valence electrons. The van der Waals surface area contributed by atoms with E-state index in [0.717, 1.165) is 12.3 Å². The second kappa shape index (κ2) is 5.67. The molecule has 2 nitrogen and oxygen atoms in total. The van der Waals surface area contributed by atoms with Gasteiger partial charge in [-0.05, 0) is 41.9 Å². The van der Waals surface area contributed by atoms with Crippen LogP contribution in [-0.2, 0) is 0 Å². The van der Waals surface area contributed by atoms with Crippen molar-refractivity contribution < 1.29 is 4.74 Å². The van der Waals surface area contributed by atoms with E-state index in [2.05, 4.69) is 36.0 Å². The van der Waals surface area contributed by atoms with Crippen molar-refractivity contribution >= 4 is 22.7 Å². The molecule has 2 aromatic heterocycles. The van der Waals surface area contributed by atoms with Crippen LogP contribution in [-0.4, -0.2) is 13.7 Å². The molecule has 0 amide bonds. The smallest absolute Gasteiger partial charge is 0.134 e. The van der Waals surface area contributed by atoms with Gasteiger partial charge in [-0.2, -0.15) is 0 Å². The lowest BCUT2D eigenvalue weighted by molar-refractivity contribution is 0.408. The van der Waals surface area contributed by atoms with Crippen LogP contribution in [0, 0.1) is 6.92 Å². The highest BCUT2D eigenvalue weighted by atomic mass is 32.1. The molecule has 0 saturated carbocycles. The number of hydrogen-bond donors (Lipinski definition) is 1. The van der Waals surface area contributed by atoms with E-state index in [9.17, 15) is 0 Å². The van der Waals surface area contributed by atoms with E-state index in [-0.39, 0.29) is 6.04 Å². The maximum Gasteiger partial charge on any atom is 0.134 e. The van der Waals surface area contributed by atoms with Crippen LogP contribution in [0.15, 0.2) is 22.9 Å². The highest BCUT2D eigenvalue weighted by molar-refractivity contribution is 7.10. The van der Waals surface area contributed by atoms with Crippen molar-refractivity contribution in [2.75, 3.05) is 13.7 Å². The number of rotatable bonds is 5. The summed E-state index contributed by atoms with van der Waals surface area (Å²) in [6.45, 7) is 5.22. The van der Waals surface area contributed by atoms with Crippen LogP contribution >= 0.6 is 22.7 Å². The molecule has 2 heterocycles. The van der Waals surface area contributed by atoms with Crippen LogP contribution in [0.25, 0.3) is 0 Å². The standard InChI is InChI=1S/C13H17NOS2/c1-4-14-12(10-7-9(2)17-8-10)13-11(15-3)5-6-16-13/h5-8,12,14H,4H2,1-3H3. The fourth-order valence-electron chi connectivity index (χ4n) is 1.87. The molecule has 0 saturated heterocycles. The number of nitrogens with one attached hydrogen (secondary N) is 1. The molecule has 0 spiro atoms. The molecule has 0 aliphatic rings. The lowest BCUT2D eigenvalue weighted by Gasteiger charge is -2.16. The van der Waals surface area contributed by atoms with Gasteiger partial charge in [-0.1, -0.05) is 6.92 Å². The molecule has 0 fully saturated rings. The zero-order valence-corrected chi connectivity index (χ0v) is 12.0. The summed E-state index contributed by atoms with van der Waals surface area (Å²) >= 11 is 3.54. The van der Waals surface area contributed by atoms with E-state index >= 15 is 0 Å². The molecular weight excluding hydrogens is 250 g/mol. The van der Waals surface area contributed by atoms with Crippen molar-refractivity contribution in [1.29, 1.82) is 0 Å². The van der Waals surface area contributed by atoms with Gasteiger partial charge in [-0.3, -0.25) is 0 Å². The summed E-state index contributed by atoms with van der Waals surface area (Å²) in [6.07, 6.45) is 0. The van der Waals surface area contributed by atoms with Gasteiger partial charge in [0.1, 0.15) is 5.75 Å². The van der Waals surface area contributed by atoms with Gasteiger partial charge < -0.3 is 10.1 Å². The molecule has 0 aromatic carbocycles. The van der Waals surface area contributed by atoms with E-state index in [1.807, 2.05) is 6.07 Å². The first-order valence-electron chi connectivity index (χ1n) is 5.66. The Bertz CT molecular complexity index is 475. The second-order valence-corrected chi connectivity index (χ2v) is 5.90. The lowest BCUT2D eigenvalue weighted by atomic mass is 10.1. The summed E-state index contributed by atoms with van der Waals surface area (Å²) in [7, 11) is 1.73. The summed E-state index contributed by atoms with van der Waals surface area (Å²) in [6, 6.07) is 4.53. The van der Waals surface area contributed by atoms with Gasteiger partial charge in [-0.25, -0.2) is 0 Å². The summed E-state index contributed by atoms with van der Waals surface area (Å²) < 4.78 is 5.41. The fourth-order valence-corrected chi connectivity index (χ4v) is 3.56. The Balaban J connectivity index is 2.35. The van der Waals surface area contributed by atoms with Crippen LogP contribution in [0.3, 0.4) is 0 Å². The van der Waals surface area contributed by atoms with Gasteiger partial charge in [0.05, 0.1) is 18.0 Å². The first kappa shape index (κ1) is 12.6. The normalized spacial score (nSPS) is 12.6. The average molecular weight is 267 g/mol. The Labute approximate surface area is 110 Å². The molecule has 1 atom stereocenters. The number of thiophene rings is 2. The van der Waals surface area contributed by atoms with Crippen molar-refractivity contribution in [2.45, 2.75) is 19.9 Å². The Hall–Kier alpha value is -0.840. The number of ether oxygens (including phenoxy) is 1. The van der Waals surface area contributed by atoms with E-state index in [4.69, 9.17) is 4.74 Å². The first-order valence-corrected chi connectivity index (χ1v) is 7.42. The largest absolute Gasteiger partial charge is 0.496 e. The van der Waals surface area contributed by atoms with Crippen molar-refractivity contribution in [3.63, 3.8) is 0 Å². The third-order valence-electron chi connectivity index (χ3n) is 2.63. The molecule has 0 radical (unpaired) electrons. The number of methoxy groups -OCH3 is 1. The highest BCUT2D eigenvalue weighted by Crippen LogP contribution is 2.36. The molecule has 1 N–H and O–H groups in total. The average Bonchev–Trinajstić information content (AvgIpc) is 2.94. The van der Waals surface area contributed by atoms with E-state index in [1.54, 1.807) is 29.8 Å². The van der Waals surface area contributed by atoms with Crippen LogP contribution in [0.5, 0.6) is 5.75 Å². The minimum atomic E-state index is 0.250. The van der Waals surface area contributed by atoms with Crippen LogP contribution in [0.1, 0.15) is 28.3 Å². The minimum absolute atomic E-state index is 0.250. The molecule has 0 bridgehead atoms. The molecule has 4 heteroatoms. The van der Waals surface area contributed by atoms with E-state index < -0.39 is 0 Å². The monoisotopic (exact) mass is 267 g/mol. The third kappa shape index (κ3) is 2.70. The molecule has 2 rings (SSSR count). The van der Waals surface area contributed by atoms with Gasteiger partial charge in [0.15, 0.2) is 0 Å². The number of hydrogen-bond acceptors (Lipinski definition) is 4. The molecular formula is C13H17NOS2. The molecule has 1 unspecified atom stereocenters. The van der Waals surface area contributed by atoms with E-state index in [1.165, 1.54) is 15.3 Å². The Morgan fingerprint density at radius 3 is 2.82 bits per heavy atom. The Morgan fingerprint density at radius 1 is 1.41 bits per heavy atom. The minimum Gasteiger partial charge on any atom is -0.496 e. The van der Waals surface area contributed by atoms with Crippen molar-refractivity contribution in [1.82, 2.24) is 5.32 Å². The van der Waals surface area contributed by atoms with Gasteiger partial charge in [-0.15, -0.1) is 22.7 Å². The zero-order valence-electron chi connectivity index (χ0n) is 10.3. The summed E-state index contributed by atoms with van der Waals surface area (Å²) in [5, 5.41) is 7.83. The SMILES string of the molecule is CCNC(c1csc(C)c1)c1sccc1OC. The molecule has 17 heavy (non-hydrogen) atoms. The first-order chi connectivity index (χ1) is 8.26. The summed E-state index contributed by atoms with van der Waals surface area (Å²) in [5.74, 6) is 0.977. The Kier molecular flexibility index (Phi) is 4.20. The van der Waals surface area contributed by atoms with Crippen molar-refractivity contribution in [3.05, 3.63) is 38.2 Å². The quantitative estimate of drug-likeness (QED) is 0.889. The van der Waals surface area contributed by atoms with Gasteiger partial charge in [0, 0.05) is 4.88 Å². The molecule has 2 aromatic rings. The van der Waals surface area contributed by atoms with Crippen LogP contribution in [0.2, 0.25) is 0 Å². The van der Waals surface area contributed by atoms with Crippen molar-refractivity contribution in [2.24, 2.45) is 0 Å². The molecule has 0 aliphatic heterocycles. The van der Waals surface area contributed by atoms with Gasteiger partial charge in [0.2, 0.25) is 0 Å². The predicted octanol–water partition coefficient (Wildman–Crippen LogP) is 3.83. The zero-order chi connectivity index (χ0) is 12.3. The van der Waals surface area contributed by atoms with Gasteiger partial charge >= 0.3 is 0 Å². The second-order valence-electron chi connectivity index (χ2n) is 3.83. The van der Waals surface area contributed by atoms with Crippen LogP contribution < -0.4 is 10.1 Å². The van der Waals surface area contributed by atoms with E-state index in [0.29, 0.717) is 0 Å². The lowest BCUT2D eigenvalue weighted by Crippen LogP contribution is -2.21. The summed E-state index contributed by atoms with van der Waals surface area (Å²) in [4.78, 5) is 2.60. The predicted molar refractivity (Wildman–Crippen MR) is 75.4 cm³/mol. The fraction of sp³-hybridized carbons (Fsp3) is 0.385. The summed E-state index contributed by atoms with van der Waals surface area (Å²) in [5.41, 5.74) is 1.33. The maximum absolute atomic E-state index is 5.41. The van der Waals surface area contributed by atoms with Crippen molar-refractivity contribution in [3.8, 4) is 5.75 Å². The number of aryl methyl sites for hydroxylation is 1. The highest BCUT2D eigenvalue weighted by Gasteiger charge is 2.19. The Morgan fingerprint density at radius 2 is 2.24 bits per heavy atom. The topological polar surface area (TPSA) is 21.3 Å². The third-order valence-corrected chi connectivity index (χ3v) is 4.47. The van der Waals surface area contributed by atoms with Crippen LogP contribution in [0.4, 0.5) is 0 Å².